The molecule has 19 heavy (non-hydrogen) atoms. The molecule has 1 radical (unpaired) electrons. The quantitative estimate of drug-likeness (QED) is 0.814. The molecule has 0 bridgehead atoms. The summed E-state index contributed by atoms with van der Waals surface area (Å²) in [4.78, 5) is 4.13. The van der Waals surface area contributed by atoms with Gasteiger partial charge in [-0.3, -0.25) is 4.98 Å². The van der Waals surface area contributed by atoms with E-state index in [1.54, 1.807) is 30.5 Å². The van der Waals surface area contributed by atoms with Crippen molar-refractivity contribution < 1.29 is 13.2 Å². The van der Waals surface area contributed by atoms with Crippen molar-refractivity contribution in [1.82, 2.24) is 4.98 Å². The minimum absolute atomic E-state index is 0.0647. The fourth-order valence-electron chi connectivity index (χ4n) is 1.40. The Kier molecular flexibility index (Phi) is 4.07. The number of hydrogen-bond donors (Lipinski definition) is 0. The van der Waals surface area contributed by atoms with Gasteiger partial charge in [-0.1, -0.05) is 17.7 Å². The Morgan fingerprint density at radius 3 is 2.79 bits per heavy atom. The lowest BCUT2D eigenvalue weighted by Crippen LogP contribution is -2.03. The molecule has 0 amide bonds. The molecule has 1 atom stereocenters. The molecule has 0 spiro atoms. The van der Waals surface area contributed by atoms with Crippen molar-refractivity contribution in [2.75, 3.05) is 6.26 Å². The molecule has 0 aliphatic carbocycles. The summed E-state index contributed by atoms with van der Waals surface area (Å²) >= 11 is 6.06. The van der Waals surface area contributed by atoms with Crippen LogP contribution in [0.4, 0.5) is 0 Å². The molecule has 0 N–H and O–H groups in total. The van der Waals surface area contributed by atoms with Crippen LogP contribution >= 0.6 is 11.6 Å². The van der Waals surface area contributed by atoms with E-state index in [9.17, 15) is 8.42 Å². The van der Waals surface area contributed by atoms with E-state index in [4.69, 9.17) is 16.3 Å². The van der Waals surface area contributed by atoms with Crippen molar-refractivity contribution in [1.29, 1.82) is 0 Å². The Morgan fingerprint density at radius 1 is 1.37 bits per heavy atom. The van der Waals surface area contributed by atoms with Gasteiger partial charge in [-0.25, -0.2) is 8.42 Å². The summed E-state index contributed by atoms with van der Waals surface area (Å²) in [5.41, 5.74) is -0.228. The molecule has 99 valence electrons. The molecule has 1 aromatic heterocycles. The lowest BCUT2D eigenvalue weighted by molar-refractivity contribution is 0.282. The normalized spacial score (nSPS) is 12.9. The third-order valence-corrected chi connectivity index (χ3v) is 3.65. The van der Waals surface area contributed by atoms with E-state index in [1.165, 1.54) is 12.1 Å². The van der Waals surface area contributed by atoms with Gasteiger partial charge in [0.2, 0.25) is 5.56 Å². The van der Waals surface area contributed by atoms with E-state index < -0.39 is 15.4 Å². The van der Waals surface area contributed by atoms with Crippen LogP contribution in [0.2, 0.25) is 0 Å². The topological polar surface area (TPSA) is 56.3 Å². The molecule has 2 aromatic rings. The second kappa shape index (κ2) is 5.59. The van der Waals surface area contributed by atoms with E-state index in [0.717, 1.165) is 6.26 Å². The third kappa shape index (κ3) is 3.68. The second-order valence-corrected chi connectivity index (χ2v) is 6.23. The fourth-order valence-corrected chi connectivity index (χ4v) is 2.25. The molecular formula is C13H11ClNO3S. The van der Waals surface area contributed by atoms with Crippen molar-refractivity contribution >= 4 is 21.4 Å². The standard InChI is InChI=1S/C13H11ClNO3S/c1-19(16,17)11-6-4-5-10(9-11)18-13(14)12-7-2-3-8-15-12/h2-5,7-9,13H,1H3. The Balaban J connectivity index is 2.20. The minimum atomic E-state index is -3.32. The smallest absolute Gasteiger partial charge is 0.214 e. The summed E-state index contributed by atoms with van der Waals surface area (Å²) in [6.07, 6.45) is 2.72. The van der Waals surface area contributed by atoms with Crippen LogP contribution in [0, 0.1) is 6.07 Å². The first-order valence-corrected chi connectivity index (χ1v) is 7.73. The SMILES string of the molecule is CS(=O)(=O)c1[c]ccc(OC(Cl)c2ccccn2)c1. The molecule has 1 heterocycles. The number of hydrogen-bond acceptors (Lipinski definition) is 4. The van der Waals surface area contributed by atoms with Crippen LogP contribution in [0.25, 0.3) is 0 Å². The zero-order valence-electron chi connectivity index (χ0n) is 10.1. The number of halogens is 1. The number of ether oxygens (including phenoxy) is 1. The Hall–Kier alpha value is -1.59. The highest BCUT2D eigenvalue weighted by Crippen LogP contribution is 2.25. The maximum atomic E-state index is 11.4. The monoisotopic (exact) mass is 296 g/mol. The van der Waals surface area contributed by atoms with Crippen molar-refractivity contribution in [2.45, 2.75) is 10.5 Å². The minimum Gasteiger partial charge on any atom is -0.469 e. The molecule has 0 fully saturated rings. The van der Waals surface area contributed by atoms with Crippen LogP contribution in [0.15, 0.2) is 47.5 Å². The molecule has 0 aliphatic heterocycles. The zero-order chi connectivity index (χ0) is 13.9. The predicted molar refractivity (Wildman–Crippen MR) is 71.8 cm³/mol. The average molecular weight is 297 g/mol. The van der Waals surface area contributed by atoms with Crippen LogP contribution in [0.1, 0.15) is 11.3 Å². The number of rotatable bonds is 4. The highest BCUT2D eigenvalue weighted by Gasteiger charge is 2.13. The molecule has 0 aliphatic rings. The van der Waals surface area contributed by atoms with E-state index in [0.29, 0.717) is 11.4 Å². The molecule has 6 heteroatoms. The van der Waals surface area contributed by atoms with Gasteiger partial charge in [-0.05, 0) is 30.3 Å². The first-order chi connectivity index (χ1) is 8.97. The highest BCUT2D eigenvalue weighted by molar-refractivity contribution is 7.90. The van der Waals surface area contributed by atoms with Gasteiger partial charge in [0.1, 0.15) is 5.75 Å². The van der Waals surface area contributed by atoms with Gasteiger partial charge in [0.25, 0.3) is 0 Å². The summed E-state index contributed by atoms with van der Waals surface area (Å²) in [5.74, 6) is 0.352. The Labute approximate surface area is 116 Å². The van der Waals surface area contributed by atoms with Crippen LogP contribution in [-0.4, -0.2) is 19.7 Å². The molecule has 1 aromatic carbocycles. The van der Waals surface area contributed by atoms with Gasteiger partial charge in [0, 0.05) is 18.5 Å². The number of alkyl halides is 1. The lowest BCUT2D eigenvalue weighted by Gasteiger charge is -2.12. The predicted octanol–water partition coefficient (Wildman–Crippen LogP) is 2.60. The van der Waals surface area contributed by atoms with Crippen molar-refractivity contribution in [3.63, 3.8) is 0 Å². The summed E-state index contributed by atoms with van der Waals surface area (Å²) < 4.78 is 28.3. The average Bonchev–Trinajstić information content (AvgIpc) is 2.39. The summed E-state index contributed by atoms with van der Waals surface area (Å²) in [5, 5.41) is 0. The zero-order valence-corrected chi connectivity index (χ0v) is 11.6. The molecule has 1 unspecified atom stereocenters. The Bertz CT molecular complexity index is 659. The van der Waals surface area contributed by atoms with Crippen molar-refractivity contribution in [3.8, 4) is 5.75 Å². The van der Waals surface area contributed by atoms with E-state index in [2.05, 4.69) is 11.1 Å². The highest BCUT2D eigenvalue weighted by atomic mass is 35.5. The first kappa shape index (κ1) is 13.8. The van der Waals surface area contributed by atoms with E-state index in [1.807, 2.05) is 0 Å². The van der Waals surface area contributed by atoms with Crippen LogP contribution in [-0.2, 0) is 9.84 Å². The van der Waals surface area contributed by atoms with Gasteiger partial charge in [0.15, 0.2) is 9.84 Å². The van der Waals surface area contributed by atoms with Gasteiger partial charge < -0.3 is 4.74 Å². The van der Waals surface area contributed by atoms with Crippen LogP contribution in [0.3, 0.4) is 0 Å². The molecular weight excluding hydrogens is 286 g/mol. The first-order valence-electron chi connectivity index (χ1n) is 5.40. The number of aromatic nitrogens is 1. The maximum absolute atomic E-state index is 11.4. The summed E-state index contributed by atoms with van der Waals surface area (Å²) in [6, 6.07) is 12.4. The lowest BCUT2D eigenvalue weighted by atomic mass is 10.3. The molecule has 0 saturated heterocycles. The summed E-state index contributed by atoms with van der Waals surface area (Å²) in [6.45, 7) is 0. The van der Waals surface area contributed by atoms with Gasteiger partial charge in [0.05, 0.1) is 10.6 Å². The summed E-state index contributed by atoms with van der Waals surface area (Å²) in [7, 11) is -3.32. The number of sulfone groups is 1. The number of benzene rings is 1. The largest absolute Gasteiger partial charge is 0.469 e. The molecule has 2 rings (SSSR count). The van der Waals surface area contributed by atoms with E-state index in [-0.39, 0.29) is 4.90 Å². The third-order valence-electron chi connectivity index (χ3n) is 2.31. The van der Waals surface area contributed by atoms with Crippen LogP contribution < -0.4 is 4.74 Å². The molecule has 0 saturated carbocycles. The maximum Gasteiger partial charge on any atom is 0.214 e. The van der Waals surface area contributed by atoms with E-state index >= 15 is 0 Å². The van der Waals surface area contributed by atoms with Gasteiger partial charge >= 0.3 is 0 Å². The van der Waals surface area contributed by atoms with Gasteiger partial charge in [-0.15, -0.1) is 0 Å². The van der Waals surface area contributed by atoms with Crippen molar-refractivity contribution in [2.24, 2.45) is 0 Å². The fraction of sp³-hybridized carbons (Fsp3) is 0.154. The number of nitrogens with zero attached hydrogens (tertiary/aromatic N) is 1. The van der Waals surface area contributed by atoms with Gasteiger partial charge in [-0.2, -0.15) is 0 Å². The van der Waals surface area contributed by atoms with Crippen LogP contribution in [0.5, 0.6) is 5.75 Å². The number of pyridine rings is 1. The van der Waals surface area contributed by atoms with Crippen molar-refractivity contribution in [3.05, 3.63) is 54.4 Å². The second-order valence-electron chi connectivity index (χ2n) is 3.85. The molecule has 4 nitrogen and oxygen atoms in total. The Morgan fingerprint density at radius 2 is 2.16 bits per heavy atom.